The number of carbonyl (C=O) groups excluding carboxylic acids is 1. The zero-order chi connectivity index (χ0) is 21.4. The van der Waals surface area contributed by atoms with E-state index in [1.54, 1.807) is 33.8 Å². The lowest BCUT2D eigenvalue weighted by molar-refractivity contribution is 0.0742. The van der Waals surface area contributed by atoms with Gasteiger partial charge in [0.05, 0.1) is 11.3 Å². The maximum absolute atomic E-state index is 14.0. The number of fused-ring (bicyclic) bond motifs is 1. The monoisotopic (exact) mass is 437 g/mol. The highest BCUT2D eigenvalue weighted by Gasteiger charge is 2.26. The molecule has 3 heterocycles. The van der Waals surface area contributed by atoms with Gasteiger partial charge in [-0.25, -0.2) is 14.4 Å². The predicted molar refractivity (Wildman–Crippen MR) is 114 cm³/mol. The molecule has 1 aliphatic heterocycles. The molecule has 0 unspecified atom stereocenters. The topological polar surface area (TPSA) is 80.0 Å². The number of carbonyl (C=O) groups is 1. The summed E-state index contributed by atoms with van der Waals surface area (Å²) in [4.78, 5) is 25.1. The lowest BCUT2D eigenvalue weighted by Crippen LogP contribution is -2.49. The first-order chi connectivity index (χ1) is 15.1. The summed E-state index contributed by atoms with van der Waals surface area (Å²) >= 11 is 5.97. The Morgan fingerprint density at radius 1 is 0.968 bits per heavy atom. The van der Waals surface area contributed by atoms with Crippen molar-refractivity contribution in [3.05, 3.63) is 71.3 Å². The van der Waals surface area contributed by atoms with Crippen molar-refractivity contribution in [2.24, 2.45) is 0 Å². The molecule has 0 atom stereocenters. The highest BCUT2D eigenvalue weighted by atomic mass is 35.5. The van der Waals surface area contributed by atoms with E-state index >= 15 is 0 Å². The van der Waals surface area contributed by atoms with Crippen LogP contribution in [0.1, 0.15) is 10.4 Å². The van der Waals surface area contributed by atoms with E-state index in [1.165, 1.54) is 18.5 Å². The van der Waals surface area contributed by atoms with E-state index in [0.29, 0.717) is 48.2 Å². The molecule has 0 spiro atoms. The summed E-state index contributed by atoms with van der Waals surface area (Å²) in [5, 5.41) is 9.15. The third-order valence-corrected chi connectivity index (χ3v) is 5.51. The Morgan fingerprint density at radius 3 is 2.45 bits per heavy atom. The molecule has 0 aliphatic carbocycles. The lowest BCUT2D eigenvalue weighted by atomic mass is 10.1. The lowest BCUT2D eigenvalue weighted by Gasteiger charge is -2.35. The van der Waals surface area contributed by atoms with Crippen LogP contribution in [-0.4, -0.2) is 61.9 Å². The summed E-state index contributed by atoms with van der Waals surface area (Å²) in [6.45, 7) is 1.98. The molecule has 0 radical (unpaired) electrons. The van der Waals surface area contributed by atoms with Gasteiger partial charge in [0, 0.05) is 31.2 Å². The number of hydrogen-bond acceptors (Lipinski definition) is 6. The summed E-state index contributed by atoms with van der Waals surface area (Å²) in [6, 6.07) is 13.3. The Morgan fingerprint density at radius 2 is 1.71 bits per heavy atom. The van der Waals surface area contributed by atoms with Gasteiger partial charge in [-0.15, -0.1) is 5.10 Å². The van der Waals surface area contributed by atoms with E-state index < -0.39 is 5.82 Å². The highest BCUT2D eigenvalue weighted by Crippen LogP contribution is 2.24. The molecule has 0 bridgehead atoms. The minimum Gasteiger partial charge on any atom is -0.351 e. The maximum Gasteiger partial charge on any atom is 0.256 e. The van der Waals surface area contributed by atoms with Crippen LogP contribution in [0.5, 0.6) is 0 Å². The molecular weight excluding hydrogens is 421 g/mol. The molecule has 1 fully saturated rings. The van der Waals surface area contributed by atoms with Gasteiger partial charge in [0.15, 0.2) is 17.0 Å². The van der Waals surface area contributed by atoms with Crippen LogP contribution in [0.2, 0.25) is 5.02 Å². The van der Waals surface area contributed by atoms with E-state index in [-0.39, 0.29) is 11.5 Å². The van der Waals surface area contributed by atoms with Crippen molar-refractivity contribution in [2.45, 2.75) is 0 Å². The first-order valence-corrected chi connectivity index (χ1v) is 10.1. The van der Waals surface area contributed by atoms with Crippen LogP contribution >= 0.6 is 11.6 Å². The zero-order valence-corrected chi connectivity index (χ0v) is 17.1. The van der Waals surface area contributed by atoms with Gasteiger partial charge in [-0.2, -0.15) is 4.68 Å². The fraction of sp³-hybridized carbons (Fsp3) is 0.190. The number of rotatable bonds is 3. The van der Waals surface area contributed by atoms with Crippen LogP contribution in [0, 0.1) is 5.82 Å². The molecule has 10 heteroatoms. The maximum atomic E-state index is 14.0. The number of halogens is 2. The molecule has 0 N–H and O–H groups in total. The van der Waals surface area contributed by atoms with Crippen LogP contribution in [0.25, 0.3) is 16.9 Å². The van der Waals surface area contributed by atoms with Crippen molar-refractivity contribution in [1.29, 1.82) is 0 Å². The molecule has 8 nitrogen and oxygen atoms in total. The number of benzene rings is 2. The minimum absolute atomic E-state index is 0.0892. The summed E-state index contributed by atoms with van der Waals surface area (Å²) in [7, 11) is 0. The number of anilines is 1. The molecule has 1 aliphatic rings. The Labute approximate surface area is 181 Å². The Balaban J connectivity index is 1.37. The summed E-state index contributed by atoms with van der Waals surface area (Å²) in [5.41, 5.74) is 2.03. The molecule has 4 aromatic rings. The van der Waals surface area contributed by atoms with Gasteiger partial charge in [-0.3, -0.25) is 4.79 Å². The van der Waals surface area contributed by atoms with E-state index in [2.05, 4.69) is 20.3 Å². The van der Waals surface area contributed by atoms with Crippen molar-refractivity contribution < 1.29 is 9.18 Å². The molecule has 0 saturated carbocycles. The van der Waals surface area contributed by atoms with Gasteiger partial charge in [0.2, 0.25) is 0 Å². The zero-order valence-electron chi connectivity index (χ0n) is 16.3. The van der Waals surface area contributed by atoms with Crippen LogP contribution in [-0.2, 0) is 0 Å². The third-order valence-electron chi connectivity index (χ3n) is 5.26. The molecule has 31 heavy (non-hydrogen) atoms. The molecule has 1 amide bonds. The molecule has 1 saturated heterocycles. The van der Waals surface area contributed by atoms with Crippen LogP contribution < -0.4 is 4.90 Å². The largest absolute Gasteiger partial charge is 0.351 e. The SMILES string of the molecule is O=C(c1ccccc1F)N1CCN(c2ncnc3c2nnn3-c2ccc(Cl)cc2)CC1. The van der Waals surface area contributed by atoms with Crippen LogP contribution in [0.3, 0.4) is 0 Å². The molecule has 2 aromatic carbocycles. The number of aromatic nitrogens is 5. The summed E-state index contributed by atoms with van der Waals surface area (Å²) in [6.07, 6.45) is 1.48. The second-order valence-electron chi connectivity index (χ2n) is 7.11. The second-order valence-corrected chi connectivity index (χ2v) is 7.54. The Hall–Kier alpha value is -3.59. The minimum atomic E-state index is -0.508. The van der Waals surface area contributed by atoms with Crippen molar-refractivity contribution in [3.8, 4) is 5.69 Å². The summed E-state index contributed by atoms with van der Waals surface area (Å²) < 4.78 is 15.6. The van der Waals surface area contributed by atoms with Gasteiger partial charge in [0.25, 0.3) is 5.91 Å². The number of piperazine rings is 1. The van der Waals surface area contributed by atoms with Gasteiger partial charge >= 0.3 is 0 Å². The van der Waals surface area contributed by atoms with E-state index in [4.69, 9.17) is 11.6 Å². The van der Waals surface area contributed by atoms with Gasteiger partial charge in [-0.05, 0) is 36.4 Å². The predicted octanol–water partition coefficient (Wildman–Crippen LogP) is 2.97. The van der Waals surface area contributed by atoms with Crippen LogP contribution in [0.4, 0.5) is 10.2 Å². The van der Waals surface area contributed by atoms with Crippen molar-refractivity contribution in [2.75, 3.05) is 31.1 Å². The van der Waals surface area contributed by atoms with Gasteiger partial charge in [-0.1, -0.05) is 28.9 Å². The number of nitrogens with zero attached hydrogens (tertiary/aromatic N) is 7. The van der Waals surface area contributed by atoms with Gasteiger partial charge < -0.3 is 9.80 Å². The van der Waals surface area contributed by atoms with Crippen molar-refractivity contribution in [3.63, 3.8) is 0 Å². The third kappa shape index (κ3) is 3.57. The average molecular weight is 438 g/mol. The van der Waals surface area contributed by atoms with E-state index in [1.807, 2.05) is 17.0 Å². The Kier molecular flexibility index (Phi) is 4.95. The van der Waals surface area contributed by atoms with Crippen molar-refractivity contribution in [1.82, 2.24) is 29.9 Å². The standard InChI is InChI=1S/C21H17ClFN7O/c22-14-5-7-15(8-6-14)30-20-18(26-27-30)19(24-13-25-20)28-9-11-29(12-10-28)21(31)16-3-1-2-4-17(16)23/h1-8,13H,9-12H2. The highest BCUT2D eigenvalue weighted by molar-refractivity contribution is 6.30. The summed E-state index contributed by atoms with van der Waals surface area (Å²) in [5.74, 6) is -0.159. The molecule has 5 rings (SSSR count). The fourth-order valence-electron chi connectivity index (χ4n) is 3.65. The van der Waals surface area contributed by atoms with Crippen LogP contribution in [0.15, 0.2) is 54.9 Å². The fourth-order valence-corrected chi connectivity index (χ4v) is 3.78. The smallest absolute Gasteiger partial charge is 0.256 e. The number of amides is 1. The Bertz CT molecular complexity index is 1250. The molecule has 2 aromatic heterocycles. The molecular formula is C21H17ClFN7O. The normalized spacial score (nSPS) is 14.3. The van der Waals surface area contributed by atoms with Crippen molar-refractivity contribution >= 4 is 34.5 Å². The average Bonchev–Trinajstić information content (AvgIpc) is 3.24. The van der Waals surface area contributed by atoms with E-state index in [0.717, 1.165) is 5.69 Å². The van der Waals surface area contributed by atoms with E-state index in [9.17, 15) is 9.18 Å². The molecule has 156 valence electrons. The second kappa shape index (κ2) is 7.92. The quantitative estimate of drug-likeness (QED) is 0.490. The first kappa shape index (κ1) is 19.4. The number of hydrogen-bond donors (Lipinski definition) is 0. The van der Waals surface area contributed by atoms with Gasteiger partial charge in [0.1, 0.15) is 12.1 Å². The first-order valence-electron chi connectivity index (χ1n) is 9.73.